The highest BCUT2D eigenvalue weighted by Gasteiger charge is 2.23. The fourth-order valence-corrected chi connectivity index (χ4v) is 3.98. The maximum Gasteiger partial charge on any atom is 0.242 e. The van der Waals surface area contributed by atoms with Crippen LogP contribution in [0.15, 0.2) is 34.4 Å². The van der Waals surface area contributed by atoms with Crippen molar-refractivity contribution in [3.8, 4) is 0 Å². The van der Waals surface area contributed by atoms with E-state index < -0.39 is 10.0 Å². The maximum absolute atomic E-state index is 12.1. The molecule has 1 fully saturated rings. The Balaban J connectivity index is 1.81. The fourth-order valence-electron chi connectivity index (χ4n) is 2.99. The molecule has 0 radical (unpaired) electrons. The van der Waals surface area contributed by atoms with Crippen molar-refractivity contribution in [3.05, 3.63) is 24.5 Å². The van der Waals surface area contributed by atoms with Gasteiger partial charge in [0.1, 0.15) is 4.90 Å². The number of guanidine groups is 1. The van der Waals surface area contributed by atoms with Gasteiger partial charge in [-0.15, -0.1) is 0 Å². The van der Waals surface area contributed by atoms with Crippen molar-refractivity contribution in [2.75, 3.05) is 33.2 Å². The zero-order valence-corrected chi connectivity index (χ0v) is 15.7. The molecule has 4 N–H and O–H groups in total. The fraction of sp³-hybridized carbons (Fsp3) is 0.562. The summed E-state index contributed by atoms with van der Waals surface area (Å²) < 4.78 is 26.8. The van der Waals surface area contributed by atoms with E-state index in [1.165, 1.54) is 18.5 Å². The minimum Gasteiger partial charge on any atom is -0.370 e. The van der Waals surface area contributed by atoms with Crippen molar-refractivity contribution in [3.63, 3.8) is 0 Å². The van der Waals surface area contributed by atoms with Gasteiger partial charge in [0.25, 0.3) is 0 Å². The Morgan fingerprint density at radius 3 is 2.92 bits per heavy atom. The molecule has 1 atom stereocenters. The molecule has 0 aromatic carbocycles. The van der Waals surface area contributed by atoms with E-state index in [1.54, 1.807) is 13.1 Å². The molecule has 1 aromatic rings. The third kappa shape index (κ3) is 5.95. The van der Waals surface area contributed by atoms with Crippen LogP contribution < -0.4 is 15.8 Å². The Hall–Kier alpha value is -2.20. The number of aromatic nitrogens is 1. The largest absolute Gasteiger partial charge is 0.370 e. The maximum atomic E-state index is 12.1. The number of piperidine rings is 1. The lowest BCUT2D eigenvalue weighted by Gasteiger charge is -2.34. The second-order valence-corrected chi connectivity index (χ2v) is 7.95. The average molecular weight is 382 g/mol. The van der Waals surface area contributed by atoms with Gasteiger partial charge in [0.15, 0.2) is 5.96 Å². The number of carbonyl (C=O) groups excluding carboxylic acids is 1. The third-order valence-electron chi connectivity index (χ3n) is 4.17. The minimum atomic E-state index is -3.57. The molecule has 0 aliphatic carbocycles. The summed E-state index contributed by atoms with van der Waals surface area (Å²) in [5.74, 6) is 0.633. The highest BCUT2D eigenvalue weighted by Crippen LogP contribution is 2.19. The Bertz CT molecular complexity index is 723. The van der Waals surface area contributed by atoms with Crippen molar-refractivity contribution >= 4 is 21.9 Å². The number of sulfonamides is 1. The number of pyridine rings is 1. The first-order chi connectivity index (χ1) is 12.4. The van der Waals surface area contributed by atoms with Crippen molar-refractivity contribution in [2.45, 2.75) is 24.2 Å². The lowest BCUT2D eigenvalue weighted by molar-refractivity contribution is -0.119. The number of aliphatic imine (C=N–C) groups is 1. The van der Waals surface area contributed by atoms with Crippen LogP contribution in [0.25, 0.3) is 0 Å². The first kappa shape index (κ1) is 20.1. The molecule has 2 heterocycles. The Morgan fingerprint density at radius 2 is 2.27 bits per heavy atom. The molecule has 1 aromatic heterocycles. The van der Waals surface area contributed by atoms with Gasteiger partial charge in [-0.05, 0) is 30.9 Å². The minimum absolute atomic E-state index is 0.134. The molecule has 2 rings (SSSR count). The standard InChI is InChI=1S/C16H26N6O3S/c1-18-16(22-9-3-4-13(12-22)10-15(17)23)20-7-8-21-26(24,25)14-5-2-6-19-11-14/h2,5-6,11,13,21H,3-4,7-10,12H2,1H3,(H2,17,23)(H,18,20). The lowest BCUT2D eigenvalue weighted by Crippen LogP contribution is -2.48. The van der Waals surface area contributed by atoms with Crippen LogP contribution in [0.2, 0.25) is 0 Å². The van der Waals surface area contributed by atoms with Gasteiger partial charge in [-0.25, -0.2) is 13.1 Å². The van der Waals surface area contributed by atoms with Crippen LogP contribution in [0, 0.1) is 5.92 Å². The van der Waals surface area contributed by atoms with Crippen LogP contribution in [0.5, 0.6) is 0 Å². The lowest BCUT2D eigenvalue weighted by atomic mass is 9.95. The van der Waals surface area contributed by atoms with Gasteiger partial charge in [0.05, 0.1) is 0 Å². The number of likely N-dealkylation sites (tertiary alicyclic amines) is 1. The molecule has 9 nitrogen and oxygen atoms in total. The van der Waals surface area contributed by atoms with E-state index in [0.29, 0.717) is 25.5 Å². The van der Waals surface area contributed by atoms with Crippen LogP contribution in [0.1, 0.15) is 19.3 Å². The second-order valence-electron chi connectivity index (χ2n) is 6.19. The number of hydrogen-bond acceptors (Lipinski definition) is 5. The Kier molecular flexibility index (Phi) is 7.34. The monoisotopic (exact) mass is 382 g/mol. The van der Waals surface area contributed by atoms with Crippen molar-refractivity contribution in [2.24, 2.45) is 16.6 Å². The van der Waals surface area contributed by atoms with Gasteiger partial charge < -0.3 is 16.0 Å². The van der Waals surface area contributed by atoms with Gasteiger partial charge >= 0.3 is 0 Å². The van der Waals surface area contributed by atoms with Crippen LogP contribution in [0.4, 0.5) is 0 Å². The molecule has 1 saturated heterocycles. The zero-order chi connectivity index (χ0) is 19.0. The van der Waals surface area contributed by atoms with Crippen LogP contribution in [-0.4, -0.2) is 63.4 Å². The Morgan fingerprint density at radius 1 is 1.46 bits per heavy atom. The quantitative estimate of drug-likeness (QED) is 0.332. The summed E-state index contributed by atoms with van der Waals surface area (Å²) in [4.78, 5) is 21.4. The van der Waals surface area contributed by atoms with Gasteiger partial charge in [0.2, 0.25) is 15.9 Å². The molecule has 144 valence electrons. The zero-order valence-electron chi connectivity index (χ0n) is 14.9. The SMILES string of the molecule is CN=C(NCCNS(=O)(=O)c1cccnc1)N1CCCC(CC(N)=O)C1. The van der Waals surface area contributed by atoms with E-state index in [1.807, 2.05) is 0 Å². The van der Waals surface area contributed by atoms with Crippen molar-refractivity contribution in [1.82, 2.24) is 19.9 Å². The molecule has 1 aliphatic heterocycles. The number of nitrogens with zero attached hydrogens (tertiary/aromatic N) is 3. The van der Waals surface area contributed by atoms with E-state index in [4.69, 9.17) is 5.73 Å². The van der Waals surface area contributed by atoms with Crippen LogP contribution in [-0.2, 0) is 14.8 Å². The Labute approximate surface area is 154 Å². The first-order valence-electron chi connectivity index (χ1n) is 8.56. The molecule has 1 aliphatic rings. The highest BCUT2D eigenvalue weighted by molar-refractivity contribution is 7.89. The summed E-state index contributed by atoms with van der Waals surface area (Å²) >= 11 is 0. The summed E-state index contributed by atoms with van der Waals surface area (Å²) in [6, 6.07) is 3.07. The number of rotatable bonds is 7. The first-order valence-corrected chi connectivity index (χ1v) is 10.0. The number of primary amides is 1. The van der Waals surface area contributed by atoms with Gasteiger partial charge in [-0.2, -0.15) is 0 Å². The summed E-state index contributed by atoms with van der Waals surface area (Å²) in [7, 11) is -1.89. The number of hydrogen-bond donors (Lipinski definition) is 3. The topological polar surface area (TPSA) is 130 Å². The molecular formula is C16H26N6O3S. The summed E-state index contributed by atoms with van der Waals surface area (Å²) in [5, 5.41) is 3.15. The summed E-state index contributed by atoms with van der Waals surface area (Å²) in [5.41, 5.74) is 5.29. The molecule has 26 heavy (non-hydrogen) atoms. The van der Waals surface area contributed by atoms with Crippen LogP contribution >= 0.6 is 0 Å². The van der Waals surface area contributed by atoms with Crippen LogP contribution in [0.3, 0.4) is 0 Å². The molecule has 0 saturated carbocycles. The molecule has 10 heteroatoms. The molecule has 1 amide bonds. The van der Waals surface area contributed by atoms with Gasteiger partial charge in [0, 0.05) is 52.0 Å². The van der Waals surface area contributed by atoms with E-state index in [0.717, 1.165) is 19.4 Å². The molecule has 0 spiro atoms. The molecule has 0 bridgehead atoms. The van der Waals surface area contributed by atoms with Gasteiger partial charge in [-0.1, -0.05) is 0 Å². The normalized spacial score (nSPS) is 18.6. The number of nitrogens with one attached hydrogen (secondary N) is 2. The summed E-state index contributed by atoms with van der Waals surface area (Å²) in [6.07, 6.45) is 5.14. The highest BCUT2D eigenvalue weighted by atomic mass is 32.2. The number of carbonyl (C=O) groups is 1. The van der Waals surface area contributed by atoms with E-state index in [9.17, 15) is 13.2 Å². The van der Waals surface area contributed by atoms with Crippen molar-refractivity contribution in [1.29, 1.82) is 0 Å². The summed E-state index contributed by atoms with van der Waals surface area (Å²) in [6.45, 7) is 2.17. The predicted molar refractivity (Wildman–Crippen MR) is 98.9 cm³/mol. The smallest absolute Gasteiger partial charge is 0.242 e. The molecular weight excluding hydrogens is 356 g/mol. The van der Waals surface area contributed by atoms with E-state index in [-0.39, 0.29) is 23.3 Å². The number of amides is 1. The second kappa shape index (κ2) is 9.48. The predicted octanol–water partition coefficient (Wildman–Crippen LogP) is -0.477. The number of nitrogens with two attached hydrogens (primary N) is 1. The average Bonchev–Trinajstić information content (AvgIpc) is 2.62. The third-order valence-corrected chi connectivity index (χ3v) is 5.61. The van der Waals surface area contributed by atoms with E-state index >= 15 is 0 Å². The van der Waals surface area contributed by atoms with Gasteiger partial charge in [-0.3, -0.25) is 14.8 Å². The van der Waals surface area contributed by atoms with Crippen molar-refractivity contribution < 1.29 is 13.2 Å². The molecule has 1 unspecified atom stereocenters. The van der Waals surface area contributed by atoms with E-state index in [2.05, 4.69) is 24.9 Å².